The number of hydrogen-bond acceptors (Lipinski definition) is 8. The van der Waals surface area contributed by atoms with Gasteiger partial charge in [-0.1, -0.05) is 167 Å². The van der Waals surface area contributed by atoms with Crippen molar-refractivity contribution in [2.24, 2.45) is 11.8 Å². The van der Waals surface area contributed by atoms with E-state index in [-0.39, 0.29) is 54.6 Å². The average Bonchev–Trinajstić information content (AvgIpc) is 4.21. The minimum absolute atomic E-state index is 0.0229. The maximum absolute atomic E-state index is 14.8. The van der Waals surface area contributed by atoms with Crippen LogP contribution in [-0.4, -0.2) is 71.9 Å². The highest BCUT2D eigenvalue weighted by Gasteiger charge is 2.34. The lowest BCUT2D eigenvalue weighted by Gasteiger charge is -2.41. The monoisotopic (exact) mass is 1120 g/mol. The van der Waals surface area contributed by atoms with Gasteiger partial charge in [-0.3, -0.25) is 19.4 Å². The number of imidazole rings is 2. The Labute approximate surface area is 494 Å². The molecule has 0 saturated carbocycles. The first kappa shape index (κ1) is 59.2. The maximum Gasteiger partial charge on any atom is 0.226 e. The van der Waals surface area contributed by atoms with E-state index in [0.29, 0.717) is 55.4 Å². The van der Waals surface area contributed by atoms with E-state index in [1.54, 1.807) is 25.0 Å². The van der Waals surface area contributed by atoms with E-state index in [4.69, 9.17) is 11.6 Å². The van der Waals surface area contributed by atoms with Gasteiger partial charge < -0.3 is 19.8 Å². The molecule has 2 heterocycles. The summed E-state index contributed by atoms with van der Waals surface area (Å²) in [7, 11) is 0. The fourth-order valence-corrected chi connectivity index (χ4v) is 11.9. The van der Waals surface area contributed by atoms with Crippen molar-refractivity contribution in [2.75, 3.05) is 13.1 Å². The van der Waals surface area contributed by atoms with Crippen LogP contribution in [0.15, 0.2) is 183 Å². The number of halogens is 1. The van der Waals surface area contributed by atoms with Crippen molar-refractivity contribution in [1.82, 2.24) is 39.5 Å². The largest absolute Gasteiger partial charge is 0.351 e. The first-order chi connectivity index (χ1) is 40.5. The first-order valence-electron chi connectivity index (χ1n) is 29.2. The van der Waals surface area contributed by atoms with Crippen LogP contribution in [0.5, 0.6) is 0 Å². The number of nitrogens with zero attached hydrogens (tertiary/aromatic N) is 8. The Morgan fingerprint density at radius 3 is 1.67 bits per heavy atom. The third kappa shape index (κ3) is 16.0. The molecule has 7 aromatic carbocycles. The van der Waals surface area contributed by atoms with Crippen LogP contribution in [0, 0.1) is 34.5 Å². The summed E-state index contributed by atoms with van der Waals surface area (Å²) in [6, 6.07) is 57.0. The summed E-state index contributed by atoms with van der Waals surface area (Å²) in [5, 5.41) is 31.5. The molecule has 2 amide bonds. The summed E-state index contributed by atoms with van der Waals surface area (Å²) in [4.78, 5) is 43.6. The third-order valence-electron chi connectivity index (χ3n) is 16.4. The number of amides is 2. The van der Waals surface area contributed by atoms with Crippen molar-refractivity contribution in [1.29, 1.82) is 10.5 Å². The van der Waals surface area contributed by atoms with Crippen LogP contribution < -0.4 is 10.6 Å². The number of nitrogens with one attached hydrogen (secondary N) is 2. The molecule has 0 fully saturated rings. The second-order valence-corrected chi connectivity index (χ2v) is 22.8. The summed E-state index contributed by atoms with van der Waals surface area (Å²) in [5.74, 6) is -0.0664. The number of carbonyl (C=O) groups is 2. The molecular formula is C70H75ClN10O2. The molecule has 0 bridgehead atoms. The molecule has 0 saturated heterocycles. The topological polar surface area (TPSA) is 148 Å². The molecule has 12 nitrogen and oxygen atoms in total. The fraction of sp³-hybridized carbons (Fsp3) is 0.314. The molecule has 2 N–H and O–H groups in total. The molecule has 0 aliphatic carbocycles. The molecular weight excluding hydrogens is 1050 g/mol. The number of carbonyl (C=O) groups excluding carboxylic acids is 2. The quantitative estimate of drug-likeness (QED) is 0.0493. The van der Waals surface area contributed by atoms with Crippen LogP contribution in [-0.2, 0) is 55.2 Å². The van der Waals surface area contributed by atoms with Gasteiger partial charge in [-0.15, -0.1) is 0 Å². The number of rotatable bonds is 28. The molecule has 83 heavy (non-hydrogen) atoms. The molecule has 424 valence electrons. The Kier molecular flexibility index (Phi) is 20.7. The second kappa shape index (κ2) is 29.0. The van der Waals surface area contributed by atoms with Crippen molar-refractivity contribution in [2.45, 2.75) is 117 Å². The van der Waals surface area contributed by atoms with Gasteiger partial charge in [0.15, 0.2) is 0 Å². The van der Waals surface area contributed by atoms with Crippen molar-refractivity contribution in [3.05, 3.63) is 238 Å². The van der Waals surface area contributed by atoms with Crippen molar-refractivity contribution in [3.63, 3.8) is 0 Å². The van der Waals surface area contributed by atoms with Crippen molar-refractivity contribution >= 4 is 45.0 Å². The van der Waals surface area contributed by atoms with Crippen molar-refractivity contribution < 1.29 is 9.59 Å². The zero-order chi connectivity index (χ0) is 58.1. The molecule has 5 atom stereocenters. The van der Waals surface area contributed by atoms with Gasteiger partial charge in [-0.2, -0.15) is 10.5 Å². The zero-order valence-electron chi connectivity index (χ0n) is 48.2. The molecule has 9 rings (SSSR count). The van der Waals surface area contributed by atoms with Crippen molar-refractivity contribution in [3.8, 4) is 12.1 Å². The lowest BCUT2D eigenvalue weighted by molar-refractivity contribution is -0.123. The lowest BCUT2D eigenvalue weighted by atomic mass is 9.85. The van der Waals surface area contributed by atoms with E-state index in [9.17, 15) is 20.1 Å². The number of nitriles is 2. The normalized spacial score (nSPS) is 13.3. The molecule has 0 aliphatic heterocycles. The standard InChI is InChI=1S/C70H75ClN10O2/c1-5-34-79(46-60-20-13-18-58-16-8-10-23-65(58)60)67(70(50(3)6-2)77-69(83)37-63-41-75-49-81(63)44-55-31-27-53(39-73)28-32-55)33-24-51(4)66(76-68(82)36-62-40-74-48-80(62)43-54-29-25-52(38-72)26-30-54)47-78(42-56-14-11-21-61(71)35-56)45-59-19-12-17-57-15-7-9-22-64(57)59/h7-23,25-32,35,40-41,48-51,66-67,70H,5-6,24,33-34,36-37,42-47H2,1-4H3,(H,76,82)(H,77,83). The highest BCUT2D eigenvalue weighted by Crippen LogP contribution is 2.30. The minimum Gasteiger partial charge on any atom is -0.351 e. The van der Waals surface area contributed by atoms with Crippen LogP contribution in [0.2, 0.25) is 5.02 Å². The number of fused-ring (bicyclic) bond motifs is 2. The summed E-state index contributed by atoms with van der Waals surface area (Å²) < 4.78 is 4.01. The van der Waals surface area contributed by atoms with E-state index >= 15 is 0 Å². The van der Waals surface area contributed by atoms with Gasteiger partial charge in [0.2, 0.25) is 11.8 Å². The first-order valence-corrected chi connectivity index (χ1v) is 29.5. The van der Waals surface area contributed by atoms with Crippen LogP contribution in [0.25, 0.3) is 21.5 Å². The smallest absolute Gasteiger partial charge is 0.226 e. The average molecular weight is 1120 g/mol. The fourth-order valence-electron chi connectivity index (χ4n) is 11.7. The van der Waals surface area contributed by atoms with E-state index < -0.39 is 0 Å². The molecule has 2 aromatic heterocycles. The molecule has 9 aromatic rings. The van der Waals surface area contributed by atoms with E-state index in [1.807, 2.05) is 75.9 Å². The van der Waals surface area contributed by atoms with Gasteiger partial charge in [0.1, 0.15) is 0 Å². The minimum atomic E-state index is -0.294. The number of hydrogen-bond donors (Lipinski definition) is 2. The molecule has 13 heteroatoms. The van der Waals surface area contributed by atoms with E-state index in [2.05, 4.69) is 161 Å². The summed E-state index contributed by atoms with van der Waals surface area (Å²) >= 11 is 6.67. The van der Waals surface area contributed by atoms with E-state index in [1.165, 1.54) is 32.7 Å². The highest BCUT2D eigenvalue weighted by molar-refractivity contribution is 6.30. The van der Waals surface area contributed by atoms with Gasteiger partial charge in [0.05, 0.1) is 48.8 Å². The Hall–Kier alpha value is -8.39. The molecule has 5 unspecified atom stereocenters. The third-order valence-corrected chi connectivity index (χ3v) is 16.6. The maximum atomic E-state index is 14.8. The second-order valence-electron chi connectivity index (χ2n) is 22.3. The predicted octanol–water partition coefficient (Wildman–Crippen LogP) is 13.1. The van der Waals surface area contributed by atoms with Gasteiger partial charge in [-0.05, 0) is 123 Å². The Morgan fingerprint density at radius 1 is 0.602 bits per heavy atom. The Morgan fingerprint density at radius 2 is 1.13 bits per heavy atom. The number of benzene rings is 7. The van der Waals surface area contributed by atoms with Gasteiger partial charge >= 0.3 is 0 Å². The van der Waals surface area contributed by atoms with Crippen LogP contribution in [0.4, 0.5) is 0 Å². The van der Waals surface area contributed by atoms with Gasteiger partial charge in [-0.25, -0.2) is 9.97 Å². The summed E-state index contributed by atoms with van der Waals surface area (Å²) in [5.41, 5.74) is 8.33. The molecule has 0 spiro atoms. The van der Waals surface area contributed by atoms with Crippen LogP contribution in [0.3, 0.4) is 0 Å². The Bertz CT molecular complexity index is 3660. The Balaban J connectivity index is 1.04. The van der Waals surface area contributed by atoms with Gasteiger partial charge in [0.25, 0.3) is 0 Å². The number of aromatic nitrogens is 4. The summed E-state index contributed by atoms with van der Waals surface area (Å²) in [6.45, 7) is 13.3. The highest BCUT2D eigenvalue weighted by atomic mass is 35.5. The predicted molar refractivity (Wildman–Crippen MR) is 332 cm³/mol. The van der Waals surface area contributed by atoms with Crippen LogP contribution in [0.1, 0.15) is 104 Å². The SMILES string of the molecule is CCCN(Cc1cccc2ccccc12)C(CCC(C)C(CN(Cc1cccc(Cl)c1)Cc1cccc2ccccc12)NC(=O)Cc1cncn1Cc1ccc(C#N)cc1)C(NC(=O)Cc1cncn1Cc1ccc(C#N)cc1)C(C)CC. The lowest BCUT2D eigenvalue weighted by Crippen LogP contribution is -2.55. The van der Waals surface area contributed by atoms with Gasteiger partial charge in [0, 0.05) is 86.2 Å². The molecule has 0 aliphatic rings. The van der Waals surface area contributed by atoms with E-state index in [0.717, 1.165) is 60.3 Å². The zero-order valence-corrected chi connectivity index (χ0v) is 48.9. The van der Waals surface area contributed by atoms with Crippen LogP contribution >= 0.6 is 11.6 Å². The summed E-state index contributed by atoms with van der Waals surface area (Å²) in [6.07, 6.45) is 10.6. The molecule has 0 radical (unpaired) electrons.